The Morgan fingerprint density at radius 2 is 1.24 bits per heavy atom. The Labute approximate surface area is 220 Å². The molecule has 0 aromatic heterocycles. The molecule has 8 atom stereocenters. The van der Waals surface area contributed by atoms with Crippen LogP contribution in [0, 0.1) is 0 Å². The second-order valence-corrected chi connectivity index (χ2v) is 47.6. The van der Waals surface area contributed by atoms with Crippen molar-refractivity contribution in [2.75, 3.05) is 19.3 Å². The summed E-state index contributed by atoms with van der Waals surface area (Å²) in [7, 11) is 3.93. The molecular formula is C32H54FeN2P2. The van der Waals surface area contributed by atoms with E-state index in [0.717, 1.165) is 20.7 Å². The summed E-state index contributed by atoms with van der Waals surface area (Å²) in [6.07, 6.45) is 13.3. The molecule has 1 spiro atoms. The standard InChI is InChI=1S/C27H49N2P2.C5H5.Fe/c1-7-25(3,4)31(26(5,6)8-2)20-21-14-13-15-22(21)27(30,23-16-9-11-18-28-23)24-17-10-12-19-29-24;1-2-4-5-3-1;/h13-15,23-24,28-29H,7-12,16-20,30H2,1-6H3;1-5H;. The molecule has 0 bridgehead atoms. The molecule has 210 valence electrons. The molecule has 0 aromatic carbocycles. The Morgan fingerprint density at radius 1 is 0.757 bits per heavy atom. The van der Waals surface area contributed by atoms with E-state index in [-0.39, 0.29) is 7.92 Å². The van der Waals surface area contributed by atoms with E-state index in [1.807, 2.05) is 0 Å². The van der Waals surface area contributed by atoms with Gasteiger partial charge in [-0.05, 0) is 0 Å². The van der Waals surface area contributed by atoms with Crippen LogP contribution in [0.25, 0.3) is 0 Å². The first-order valence-corrected chi connectivity index (χ1v) is 24.9. The van der Waals surface area contributed by atoms with Crippen molar-refractivity contribution in [3.8, 4) is 0 Å². The molecule has 12 aliphatic rings. The predicted molar refractivity (Wildman–Crippen MR) is 160 cm³/mol. The van der Waals surface area contributed by atoms with Gasteiger partial charge in [0.1, 0.15) is 0 Å². The van der Waals surface area contributed by atoms with Gasteiger partial charge in [0.05, 0.1) is 0 Å². The maximum atomic E-state index is 4.31. The van der Waals surface area contributed by atoms with Gasteiger partial charge in [-0.25, -0.2) is 0 Å². The zero-order valence-electron chi connectivity index (χ0n) is 24.4. The van der Waals surface area contributed by atoms with E-state index in [2.05, 4.69) is 61.4 Å². The van der Waals surface area contributed by atoms with E-state index in [9.17, 15) is 0 Å². The van der Waals surface area contributed by atoms with Crippen LogP contribution in [0.15, 0.2) is 0 Å². The summed E-state index contributed by atoms with van der Waals surface area (Å²) in [5.41, 5.74) is 0. The van der Waals surface area contributed by atoms with Crippen LogP contribution in [-0.2, 0) is 6.51 Å². The number of hydrogen-bond donors (Lipinski definition) is 2. The van der Waals surface area contributed by atoms with Crippen molar-refractivity contribution >= 4 is 17.2 Å². The first-order valence-electron chi connectivity index (χ1n) is 16.6. The fourth-order valence-electron chi connectivity index (χ4n) is 23.9. The fourth-order valence-corrected chi connectivity index (χ4v) is 112. The average molecular weight is 585 g/mol. The first-order chi connectivity index (χ1) is 17.4. The van der Waals surface area contributed by atoms with Crippen LogP contribution in [-0.4, -0.2) is 46.8 Å². The van der Waals surface area contributed by atoms with E-state index in [1.165, 1.54) is 103 Å². The number of nitrogens with one attached hydrogen (secondary N) is 2. The molecule has 12 saturated heterocycles. The molecule has 0 aliphatic carbocycles. The van der Waals surface area contributed by atoms with Crippen LogP contribution < -0.4 is 10.6 Å². The van der Waals surface area contributed by atoms with Crippen LogP contribution in [0.4, 0.5) is 0 Å². The molecular weight excluding hydrogens is 530 g/mol. The van der Waals surface area contributed by atoms with Gasteiger partial charge >= 0.3 is 221 Å². The molecule has 12 heterocycles. The molecule has 12 aliphatic heterocycles. The summed E-state index contributed by atoms with van der Waals surface area (Å²) < 4.78 is 1.82. The molecule has 0 radical (unpaired) electrons. The van der Waals surface area contributed by atoms with E-state index >= 15 is 0 Å². The van der Waals surface area contributed by atoms with Crippen molar-refractivity contribution in [2.45, 2.75) is 168 Å². The topological polar surface area (TPSA) is 24.1 Å². The number of fused-ring (bicyclic) bond motifs is 10. The molecule has 12 fully saturated rings. The molecule has 0 amide bonds. The number of hydrogen-bond acceptors (Lipinski definition) is 2. The van der Waals surface area contributed by atoms with Gasteiger partial charge in [0.15, 0.2) is 0 Å². The van der Waals surface area contributed by atoms with Gasteiger partial charge in [0.25, 0.3) is 0 Å². The van der Waals surface area contributed by atoms with Crippen molar-refractivity contribution in [3.05, 3.63) is 0 Å². The van der Waals surface area contributed by atoms with Gasteiger partial charge in [0.2, 0.25) is 0 Å². The SMILES string of the molecule is CCC(C)(C)P(C[C]12[CH]3[CH]4[CH]5[C]1(C(P)(C1CCCCN1)C1CCCCN1)[Fe]43521678[CH]2[CH]1[CH]6[CH]7[CH]28)C(C)(C)CC. The zero-order valence-corrected chi connectivity index (χ0v) is 27.6. The van der Waals surface area contributed by atoms with Crippen LogP contribution in [0.5, 0.6) is 0 Å². The Balaban J connectivity index is 1.12. The summed E-state index contributed by atoms with van der Waals surface area (Å²) in [5.74, 6) is 0. The van der Waals surface area contributed by atoms with Crippen molar-refractivity contribution in [1.82, 2.24) is 10.6 Å². The van der Waals surface area contributed by atoms with Crippen molar-refractivity contribution in [1.29, 1.82) is 0 Å². The van der Waals surface area contributed by atoms with Gasteiger partial charge in [-0.2, -0.15) is 0 Å². The Bertz CT molecular complexity index is 1480. The molecule has 2 N–H and O–H groups in total. The Morgan fingerprint density at radius 3 is 1.59 bits per heavy atom. The zero-order chi connectivity index (χ0) is 25.4. The van der Waals surface area contributed by atoms with Crippen molar-refractivity contribution in [2.24, 2.45) is 0 Å². The molecule has 5 heteroatoms. The molecule has 37 heavy (non-hydrogen) atoms. The third-order valence-corrected chi connectivity index (χ3v) is 72.9. The van der Waals surface area contributed by atoms with E-state index < -0.39 is 6.51 Å². The fraction of sp³-hybridized carbons (Fsp3) is 1.00. The van der Waals surface area contributed by atoms with Gasteiger partial charge in [-0.3, -0.25) is 0 Å². The third-order valence-electron chi connectivity index (χ3n) is 23.2. The van der Waals surface area contributed by atoms with E-state index in [0.29, 0.717) is 15.5 Å². The van der Waals surface area contributed by atoms with Gasteiger partial charge in [-0.1, -0.05) is 0 Å². The molecule has 0 aromatic rings. The number of rotatable bonds is 9. The number of piperidine rings is 2. The summed E-state index contributed by atoms with van der Waals surface area (Å²) >= 11 is 0. The molecule has 2 nitrogen and oxygen atoms in total. The predicted octanol–water partition coefficient (Wildman–Crippen LogP) is 8.87. The Kier molecular flexibility index (Phi) is 1.95. The monoisotopic (exact) mass is 584 g/mol. The summed E-state index contributed by atoms with van der Waals surface area (Å²) in [5, 5.41) is 10.2. The normalized spacial score (nSPS) is 75.1. The second kappa shape index (κ2) is 3.29. The maximum absolute atomic E-state index is 4.31. The molecule has 0 saturated carbocycles. The molecule has 12 rings (SSSR count). The summed E-state index contributed by atoms with van der Waals surface area (Å²) in [4.78, 5) is 11.2. The van der Waals surface area contributed by atoms with Gasteiger partial charge in [0, 0.05) is 0 Å². The van der Waals surface area contributed by atoms with Gasteiger partial charge < -0.3 is 0 Å². The first kappa shape index (κ1) is 21.9. The van der Waals surface area contributed by atoms with E-state index in [1.54, 1.807) is 6.16 Å². The Hall–Kier alpha value is 1.30. The van der Waals surface area contributed by atoms with Crippen LogP contribution in [0.2, 0.25) is 47.2 Å². The quantitative estimate of drug-likeness (QED) is 0.209. The van der Waals surface area contributed by atoms with Gasteiger partial charge in [-0.15, -0.1) is 0 Å². The van der Waals surface area contributed by atoms with Crippen LogP contribution in [0.3, 0.4) is 0 Å². The molecule has 8 unspecified atom stereocenters. The minimum absolute atomic E-state index is 0.0176. The van der Waals surface area contributed by atoms with Crippen LogP contribution >= 0.6 is 17.2 Å². The van der Waals surface area contributed by atoms with Crippen molar-refractivity contribution in [3.63, 3.8) is 0 Å². The van der Waals surface area contributed by atoms with E-state index in [4.69, 9.17) is 0 Å². The average Bonchev–Trinajstić information content (AvgIpc) is 3.86. The summed E-state index contributed by atoms with van der Waals surface area (Å²) in [6, 6.07) is 1.56. The minimum atomic E-state index is -3.64. The third kappa shape index (κ3) is 0.559. The van der Waals surface area contributed by atoms with Crippen molar-refractivity contribution < 1.29 is 6.51 Å². The second-order valence-electron chi connectivity index (χ2n) is 19.8. The summed E-state index contributed by atoms with van der Waals surface area (Å²) in [6.45, 7) is 14.9. The van der Waals surface area contributed by atoms with Crippen LogP contribution in [0.1, 0.15) is 92.9 Å².